The van der Waals surface area contributed by atoms with Crippen LogP contribution in [0.3, 0.4) is 0 Å². The second-order valence-electron chi connectivity index (χ2n) is 6.85. The summed E-state index contributed by atoms with van der Waals surface area (Å²) in [5.74, 6) is 0.876. The molecule has 0 bridgehead atoms. The van der Waals surface area contributed by atoms with Crippen molar-refractivity contribution in [1.82, 2.24) is 10.2 Å². The summed E-state index contributed by atoms with van der Waals surface area (Å²) >= 11 is 7.69. The van der Waals surface area contributed by atoms with E-state index in [1.165, 1.54) is 4.88 Å². The Morgan fingerprint density at radius 1 is 1.36 bits per heavy atom. The van der Waals surface area contributed by atoms with Crippen molar-refractivity contribution in [1.29, 1.82) is 0 Å². The van der Waals surface area contributed by atoms with E-state index in [0.717, 1.165) is 37.6 Å². The minimum atomic E-state index is 0.0613. The number of thiophene rings is 1. The fourth-order valence-corrected chi connectivity index (χ4v) is 4.36. The second kappa shape index (κ2) is 10.8. The summed E-state index contributed by atoms with van der Waals surface area (Å²) in [5.41, 5.74) is 1.00. The Kier molecular flexibility index (Phi) is 8.15. The minimum absolute atomic E-state index is 0.0613. The number of morpholine rings is 1. The normalized spacial score (nSPS) is 15.9. The number of carbonyl (C=O) groups excluding carboxylic acids is 1. The standard InChI is InChI=1S/C21H27ClN2O3S/c1-16-14-17(22)6-7-19(16)27-10-2-5-21(25)23-15-18(20-4-3-13-28-20)24-8-11-26-12-9-24/h3-4,6-7,13-14,18H,2,5,8-12,15H2,1H3,(H,23,25)/t18-/m0/s1. The van der Waals surface area contributed by atoms with E-state index in [9.17, 15) is 4.79 Å². The molecule has 3 rings (SSSR count). The topological polar surface area (TPSA) is 50.8 Å². The van der Waals surface area contributed by atoms with Gasteiger partial charge in [-0.3, -0.25) is 9.69 Å². The van der Waals surface area contributed by atoms with Crippen molar-refractivity contribution in [3.05, 3.63) is 51.2 Å². The van der Waals surface area contributed by atoms with Crippen molar-refractivity contribution in [3.8, 4) is 5.75 Å². The number of nitrogens with one attached hydrogen (secondary N) is 1. The molecular weight excluding hydrogens is 396 g/mol. The van der Waals surface area contributed by atoms with Crippen molar-refractivity contribution in [2.45, 2.75) is 25.8 Å². The molecule has 0 aliphatic carbocycles. The molecule has 1 aromatic carbocycles. The minimum Gasteiger partial charge on any atom is -0.493 e. The number of ether oxygens (including phenoxy) is 2. The Morgan fingerprint density at radius 2 is 2.18 bits per heavy atom. The van der Waals surface area contributed by atoms with Crippen molar-refractivity contribution in [2.75, 3.05) is 39.5 Å². The van der Waals surface area contributed by atoms with Gasteiger partial charge in [0, 0.05) is 36.0 Å². The maximum atomic E-state index is 12.3. The zero-order valence-electron chi connectivity index (χ0n) is 16.2. The van der Waals surface area contributed by atoms with Crippen molar-refractivity contribution in [3.63, 3.8) is 0 Å². The number of nitrogens with zero attached hydrogens (tertiary/aromatic N) is 1. The van der Waals surface area contributed by atoms with Crippen LogP contribution in [0.4, 0.5) is 0 Å². The average molecular weight is 423 g/mol. The van der Waals surface area contributed by atoms with E-state index in [0.29, 0.717) is 31.0 Å². The monoisotopic (exact) mass is 422 g/mol. The molecule has 1 amide bonds. The number of carbonyl (C=O) groups is 1. The first-order valence-electron chi connectivity index (χ1n) is 9.64. The second-order valence-corrected chi connectivity index (χ2v) is 8.26. The van der Waals surface area contributed by atoms with Gasteiger partial charge in [-0.15, -0.1) is 11.3 Å². The SMILES string of the molecule is Cc1cc(Cl)ccc1OCCCC(=O)NC[C@@H](c1cccs1)N1CCOCC1. The first-order chi connectivity index (χ1) is 13.6. The summed E-state index contributed by atoms with van der Waals surface area (Å²) < 4.78 is 11.2. The highest BCUT2D eigenvalue weighted by atomic mass is 35.5. The van der Waals surface area contributed by atoms with E-state index in [4.69, 9.17) is 21.1 Å². The molecule has 1 N–H and O–H groups in total. The van der Waals surface area contributed by atoms with E-state index in [2.05, 4.69) is 27.7 Å². The molecule has 1 aliphatic heterocycles. The van der Waals surface area contributed by atoms with E-state index < -0.39 is 0 Å². The van der Waals surface area contributed by atoms with Gasteiger partial charge in [0.2, 0.25) is 5.91 Å². The van der Waals surface area contributed by atoms with Gasteiger partial charge in [-0.2, -0.15) is 0 Å². The molecule has 1 aromatic heterocycles. The van der Waals surface area contributed by atoms with Gasteiger partial charge in [0.1, 0.15) is 5.75 Å². The van der Waals surface area contributed by atoms with Crippen LogP contribution >= 0.6 is 22.9 Å². The zero-order chi connectivity index (χ0) is 19.8. The zero-order valence-corrected chi connectivity index (χ0v) is 17.7. The molecule has 0 radical (unpaired) electrons. The number of rotatable bonds is 9. The Bertz CT molecular complexity index is 748. The smallest absolute Gasteiger partial charge is 0.220 e. The predicted molar refractivity (Wildman–Crippen MR) is 113 cm³/mol. The lowest BCUT2D eigenvalue weighted by atomic mass is 10.2. The van der Waals surface area contributed by atoms with Gasteiger partial charge in [0.25, 0.3) is 0 Å². The number of halogens is 1. The highest BCUT2D eigenvalue weighted by Gasteiger charge is 2.23. The van der Waals surface area contributed by atoms with Crippen LogP contribution in [0, 0.1) is 6.92 Å². The number of amides is 1. The van der Waals surface area contributed by atoms with Crippen LogP contribution in [0.15, 0.2) is 35.7 Å². The quantitative estimate of drug-likeness (QED) is 0.619. The summed E-state index contributed by atoms with van der Waals surface area (Å²) in [6, 6.07) is 9.96. The highest BCUT2D eigenvalue weighted by molar-refractivity contribution is 7.10. The van der Waals surface area contributed by atoms with Crippen molar-refractivity contribution >= 4 is 28.8 Å². The van der Waals surface area contributed by atoms with E-state index in [-0.39, 0.29) is 11.9 Å². The van der Waals surface area contributed by atoms with Crippen LogP contribution in [-0.2, 0) is 9.53 Å². The van der Waals surface area contributed by atoms with Crippen LogP contribution < -0.4 is 10.1 Å². The molecule has 0 saturated carbocycles. The number of hydrogen-bond donors (Lipinski definition) is 1. The average Bonchev–Trinajstić information content (AvgIpc) is 3.22. The maximum Gasteiger partial charge on any atom is 0.220 e. The third kappa shape index (κ3) is 6.21. The summed E-state index contributed by atoms with van der Waals surface area (Å²) in [6.45, 7) is 6.38. The van der Waals surface area contributed by atoms with Crippen LogP contribution in [0.2, 0.25) is 5.02 Å². The molecule has 152 valence electrons. The third-order valence-corrected chi connectivity index (χ3v) is 6.00. The van der Waals surface area contributed by atoms with Crippen LogP contribution in [0.5, 0.6) is 5.75 Å². The van der Waals surface area contributed by atoms with Gasteiger partial charge in [0.15, 0.2) is 0 Å². The maximum absolute atomic E-state index is 12.3. The lowest BCUT2D eigenvalue weighted by Crippen LogP contribution is -2.43. The summed E-state index contributed by atoms with van der Waals surface area (Å²) in [4.78, 5) is 16.0. The summed E-state index contributed by atoms with van der Waals surface area (Å²) in [6.07, 6.45) is 1.13. The lowest BCUT2D eigenvalue weighted by molar-refractivity contribution is -0.121. The van der Waals surface area contributed by atoms with E-state index in [1.54, 1.807) is 11.3 Å². The molecule has 28 heavy (non-hydrogen) atoms. The summed E-state index contributed by atoms with van der Waals surface area (Å²) in [7, 11) is 0. The Labute approximate surface area is 175 Å². The molecule has 1 aliphatic rings. The third-order valence-electron chi connectivity index (χ3n) is 4.79. The molecule has 5 nitrogen and oxygen atoms in total. The molecule has 2 heterocycles. The molecule has 1 saturated heterocycles. The first kappa shape index (κ1) is 21.1. The lowest BCUT2D eigenvalue weighted by Gasteiger charge is -2.34. The highest BCUT2D eigenvalue weighted by Crippen LogP contribution is 2.25. The van der Waals surface area contributed by atoms with Gasteiger partial charge in [-0.25, -0.2) is 0 Å². The number of aryl methyl sites for hydroxylation is 1. The van der Waals surface area contributed by atoms with Gasteiger partial charge in [-0.05, 0) is 48.6 Å². The van der Waals surface area contributed by atoms with E-state index >= 15 is 0 Å². The molecule has 0 unspecified atom stereocenters. The van der Waals surface area contributed by atoms with Crippen molar-refractivity contribution < 1.29 is 14.3 Å². The van der Waals surface area contributed by atoms with Crippen molar-refractivity contribution in [2.24, 2.45) is 0 Å². The van der Waals surface area contributed by atoms with Gasteiger partial charge < -0.3 is 14.8 Å². The predicted octanol–water partition coefficient (Wildman–Crippen LogP) is 4.06. The summed E-state index contributed by atoms with van der Waals surface area (Å²) in [5, 5.41) is 5.88. The van der Waals surface area contributed by atoms with Gasteiger partial charge in [-0.1, -0.05) is 17.7 Å². The fourth-order valence-electron chi connectivity index (χ4n) is 3.27. The molecule has 1 fully saturated rings. The number of hydrogen-bond acceptors (Lipinski definition) is 5. The Balaban J connectivity index is 1.42. The van der Waals surface area contributed by atoms with Gasteiger partial charge in [0.05, 0.1) is 25.9 Å². The van der Waals surface area contributed by atoms with Crippen LogP contribution in [-0.4, -0.2) is 50.3 Å². The first-order valence-corrected chi connectivity index (χ1v) is 10.9. The fraction of sp³-hybridized carbons (Fsp3) is 0.476. The molecule has 0 spiro atoms. The molecule has 2 aromatic rings. The van der Waals surface area contributed by atoms with Crippen LogP contribution in [0.1, 0.15) is 29.3 Å². The Morgan fingerprint density at radius 3 is 2.89 bits per heavy atom. The van der Waals surface area contributed by atoms with Crippen LogP contribution in [0.25, 0.3) is 0 Å². The molecule has 1 atom stereocenters. The largest absolute Gasteiger partial charge is 0.493 e. The molecular formula is C21H27ClN2O3S. The van der Waals surface area contributed by atoms with E-state index in [1.807, 2.05) is 25.1 Å². The molecule has 7 heteroatoms. The Hall–Kier alpha value is -1.60. The number of benzene rings is 1. The van der Waals surface area contributed by atoms with Gasteiger partial charge >= 0.3 is 0 Å².